The van der Waals surface area contributed by atoms with Crippen molar-refractivity contribution in [1.82, 2.24) is 10.2 Å². The van der Waals surface area contributed by atoms with Gasteiger partial charge in [0.15, 0.2) is 0 Å². The molecule has 3 amide bonds. The maximum absolute atomic E-state index is 14.4. The Labute approximate surface area is 242 Å². The van der Waals surface area contributed by atoms with E-state index >= 15 is 0 Å². The number of hydrogen-bond donors (Lipinski definition) is 2. The molecule has 1 spiro atoms. The molecule has 2 N–H and O–H groups in total. The van der Waals surface area contributed by atoms with E-state index in [0.29, 0.717) is 17.5 Å². The van der Waals surface area contributed by atoms with E-state index in [1.165, 1.54) is 0 Å². The van der Waals surface area contributed by atoms with Crippen LogP contribution >= 0.6 is 0 Å². The fourth-order valence-corrected chi connectivity index (χ4v) is 7.84. The first-order chi connectivity index (χ1) is 19.6. The molecule has 0 aromatic heterocycles. The minimum Gasteiger partial charge on any atom is -0.359 e. The van der Waals surface area contributed by atoms with Crippen LogP contribution in [0.2, 0.25) is 0 Å². The van der Waals surface area contributed by atoms with E-state index in [1.54, 1.807) is 4.90 Å². The van der Waals surface area contributed by atoms with Crippen LogP contribution in [0.1, 0.15) is 62.8 Å². The SMILES string of the molecule is Cc1cc(C)cc(NC(=O)[C@@H]2[C@@H]3C=C[C@]4(O3)[C@@H]2C(=O)N([C@H](C)c2ccccc2)[C@H]4C(=O)N[C@@H]2CCC[C@H](C)[C@H]2C)c1. The molecule has 7 heteroatoms. The Morgan fingerprint density at radius 1 is 1.02 bits per heavy atom. The Balaban J connectivity index is 1.35. The van der Waals surface area contributed by atoms with Gasteiger partial charge in [-0.15, -0.1) is 0 Å². The van der Waals surface area contributed by atoms with Gasteiger partial charge in [0.1, 0.15) is 11.6 Å². The normalized spacial score (nSPS) is 34.4. The fraction of sp³-hybridized carbons (Fsp3) is 0.500. The van der Waals surface area contributed by atoms with Crippen molar-refractivity contribution in [3.63, 3.8) is 0 Å². The number of nitrogens with one attached hydrogen (secondary N) is 2. The topological polar surface area (TPSA) is 87.7 Å². The van der Waals surface area contributed by atoms with Crippen LogP contribution in [0, 0.1) is 37.5 Å². The lowest BCUT2D eigenvalue weighted by Gasteiger charge is -2.39. The molecule has 4 aliphatic rings. The summed E-state index contributed by atoms with van der Waals surface area (Å²) in [4.78, 5) is 44.3. The predicted octanol–water partition coefficient (Wildman–Crippen LogP) is 5.09. The first-order valence-electron chi connectivity index (χ1n) is 15.0. The molecule has 2 saturated heterocycles. The molecule has 3 fully saturated rings. The predicted molar refractivity (Wildman–Crippen MR) is 158 cm³/mol. The van der Waals surface area contributed by atoms with Crippen LogP contribution in [0.3, 0.4) is 0 Å². The summed E-state index contributed by atoms with van der Waals surface area (Å²) in [5.41, 5.74) is 2.53. The van der Waals surface area contributed by atoms with Gasteiger partial charge in [0.2, 0.25) is 17.7 Å². The smallest absolute Gasteiger partial charge is 0.246 e. The Kier molecular flexibility index (Phi) is 7.05. The van der Waals surface area contributed by atoms with Gasteiger partial charge in [0, 0.05) is 11.7 Å². The van der Waals surface area contributed by atoms with E-state index in [9.17, 15) is 14.4 Å². The summed E-state index contributed by atoms with van der Waals surface area (Å²) >= 11 is 0. The van der Waals surface area contributed by atoms with Gasteiger partial charge in [-0.2, -0.15) is 0 Å². The van der Waals surface area contributed by atoms with Crippen molar-refractivity contribution >= 4 is 23.4 Å². The van der Waals surface area contributed by atoms with Crippen LogP contribution < -0.4 is 10.6 Å². The lowest BCUT2D eigenvalue weighted by molar-refractivity contribution is -0.144. The van der Waals surface area contributed by atoms with Crippen LogP contribution in [0.15, 0.2) is 60.7 Å². The number of nitrogens with zero attached hydrogens (tertiary/aromatic N) is 1. The molecule has 216 valence electrons. The molecule has 1 saturated carbocycles. The second-order valence-electron chi connectivity index (χ2n) is 12.8. The number of aryl methyl sites for hydroxylation is 2. The van der Waals surface area contributed by atoms with Crippen molar-refractivity contribution in [3.05, 3.63) is 77.4 Å². The number of hydrogen-bond acceptors (Lipinski definition) is 4. The Bertz CT molecular complexity index is 1370. The highest BCUT2D eigenvalue weighted by atomic mass is 16.5. The second-order valence-corrected chi connectivity index (χ2v) is 12.8. The maximum atomic E-state index is 14.4. The van der Waals surface area contributed by atoms with Gasteiger partial charge in [-0.3, -0.25) is 14.4 Å². The van der Waals surface area contributed by atoms with Crippen LogP contribution in [-0.4, -0.2) is 46.4 Å². The molecule has 6 rings (SSSR count). The lowest BCUT2D eigenvalue weighted by atomic mass is 9.73. The molecule has 3 aliphatic heterocycles. The third-order valence-corrected chi connectivity index (χ3v) is 10.1. The van der Waals surface area contributed by atoms with E-state index < -0.39 is 29.6 Å². The molecule has 2 aromatic carbocycles. The summed E-state index contributed by atoms with van der Waals surface area (Å²) in [6.45, 7) is 10.4. The van der Waals surface area contributed by atoms with E-state index in [4.69, 9.17) is 4.74 Å². The first kappa shape index (κ1) is 27.7. The first-order valence-corrected chi connectivity index (χ1v) is 15.0. The van der Waals surface area contributed by atoms with E-state index in [2.05, 4.69) is 30.5 Å². The quantitative estimate of drug-likeness (QED) is 0.486. The number of anilines is 1. The Morgan fingerprint density at radius 2 is 1.73 bits per heavy atom. The van der Waals surface area contributed by atoms with Gasteiger partial charge < -0.3 is 20.3 Å². The number of amides is 3. The van der Waals surface area contributed by atoms with Gasteiger partial charge in [-0.25, -0.2) is 0 Å². The number of carbonyl (C=O) groups is 3. The van der Waals surface area contributed by atoms with Crippen LogP contribution in [0.4, 0.5) is 5.69 Å². The number of likely N-dealkylation sites (tertiary alicyclic amines) is 1. The third-order valence-electron chi connectivity index (χ3n) is 10.1. The summed E-state index contributed by atoms with van der Waals surface area (Å²) in [6, 6.07) is 14.4. The molecule has 3 heterocycles. The van der Waals surface area contributed by atoms with Crippen LogP contribution in [0.5, 0.6) is 0 Å². The van der Waals surface area contributed by atoms with E-state index in [0.717, 1.165) is 36.0 Å². The molecule has 0 radical (unpaired) electrons. The largest absolute Gasteiger partial charge is 0.359 e. The van der Waals surface area contributed by atoms with Crippen molar-refractivity contribution < 1.29 is 19.1 Å². The van der Waals surface area contributed by atoms with E-state index in [1.807, 2.05) is 75.4 Å². The molecule has 0 unspecified atom stereocenters. The monoisotopic (exact) mass is 555 g/mol. The van der Waals surface area contributed by atoms with Gasteiger partial charge in [0.05, 0.1) is 24.0 Å². The van der Waals surface area contributed by atoms with Crippen molar-refractivity contribution in [2.45, 2.75) is 83.7 Å². The molecule has 7 nitrogen and oxygen atoms in total. The molecule has 1 aliphatic carbocycles. The standard InChI is InChI=1S/C34H41N3O4/c1-19-16-20(2)18-25(17-19)35-31(38)28-27-14-15-34(41-27)29(28)33(40)37(23(5)24-11-7-6-8-12-24)30(34)32(39)36-26-13-9-10-21(3)22(26)4/h6-8,11-12,14-18,21-23,26-30H,9-10,13H2,1-5H3,(H,35,38)(H,36,39)/t21-,22+,23+,26+,27-,28+,29-,30-,34-/m0/s1. The van der Waals surface area contributed by atoms with Crippen molar-refractivity contribution in [2.75, 3.05) is 5.32 Å². The summed E-state index contributed by atoms with van der Waals surface area (Å²) in [5.74, 6) is -1.33. The van der Waals surface area contributed by atoms with Gasteiger partial charge in [0.25, 0.3) is 0 Å². The summed E-state index contributed by atoms with van der Waals surface area (Å²) in [7, 11) is 0. The summed E-state index contributed by atoms with van der Waals surface area (Å²) < 4.78 is 6.57. The van der Waals surface area contributed by atoms with Gasteiger partial charge in [-0.05, 0) is 67.9 Å². The average molecular weight is 556 g/mol. The zero-order valence-corrected chi connectivity index (χ0v) is 24.6. The van der Waals surface area contributed by atoms with Crippen molar-refractivity contribution in [1.29, 1.82) is 0 Å². The third kappa shape index (κ3) is 4.58. The highest BCUT2D eigenvalue weighted by Crippen LogP contribution is 2.56. The summed E-state index contributed by atoms with van der Waals surface area (Å²) in [6.07, 6.45) is 6.34. The summed E-state index contributed by atoms with van der Waals surface area (Å²) in [5, 5.41) is 6.39. The highest BCUT2D eigenvalue weighted by Gasteiger charge is 2.73. The minimum absolute atomic E-state index is 0.0388. The zero-order chi connectivity index (χ0) is 29.1. The number of carbonyl (C=O) groups excluding carboxylic acids is 3. The highest BCUT2D eigenvalue weighted by molar-refractivity contribution is 6.03. The Hall–Kier alpha value is -3.45. The van der Waals surface area contributed by atoms with Crippen LogP contribution in [-0.2, 0) is 19.1 Å². The minimum atomic E-state index is -1.19. The molecule has 9 atom stereocenters. The fourth-order valence-electron chi connectivity index (χ4n) is 7.84. The molecule has 2 aromatic rings. The maximum Gasteiger partial charge on any atom is 0.246 e. The second kappa shape index (κ2) is 10.4. The molecular formula is C34H41N3O4. The van der Waals surface area contributed by atoms with Gasteiger partial charge in [-0.1, -0.05) is 75.2 Å². The number of fused-ring (bicyclic) bond motifs is 1. The Morgan fingerprint density at radius 3 is 2.44 bits per heavy atom. The molecule has 2 bridgehead atoms. The number of rotatable bonds is 6. The van der Waals surface area contributed by atoms with Crippen molar-refractivity contribution in [2.24, 2.45) is 23.7 Å². The molecular weight excluding hydrogens is 514 g/mol. The zero-order valence-electron chi connectivity index (χ0n) is 24.6. The average Bonchev–Trinajstić information content (AvgIpc) is 3.58. The van der Waals surface area contributed by atoms with Crippen molar-refractivity contribution in [3.8, 4) is 0 Å². The van der Waals surface area contributed by atoms with E-state index in [-0.39, 0.29) is 29.8 Å². The molecule has 41 heavy (non-hydrogen) atoms. The van der Waals surface area contributed by atoms with Crippen LogP contribution in [0.25, 0.3) is 0 Å². The number of benzene rings is 2. The lowest BCUT2D eigenvalue weighted by Crippen LogP contribution is -2.58. The number of ether oxygens (including phenoxy) is 1. The van der Waals surface area contributed by atoms with Gasteiger partial charge >= 0.3 is 0 Å².